The average Bonchev–Trinajstić information content (AvgIpc) is 3.02. The van der Waals surface area contributed by atoms with Crippen LogP contribution >= 0.6 is 0 Å². The molecule has 0 aliphatic carbocycles. The summed E-state index contributed by atoms with van der Waals surface area (Å²) in [6, 6.07) is 10.9. The van der Waals surface area contributed by atoms with Gasteiger partial charge < -0.3 is 15.2 Å². The van der Waals surface area contributed by atoms with Gasteiger partial charge in [-0.2, -0.15) is 0 Å². The number of ether oxygens (including phenoxy) is 1. The van der Waals surface area contributed by atoms with Crippen molar-refractivity contribution in [2.45, 2.75) is 13.0 Å². The van der Waals surface area contributed by atoms with Crippen LogP contribution in [-0.4, -0.2) is 34.1 Å². The Morgan fingerprint density at radius 2 is 2.21 bits per heavy atom. The maximum atomic E-state index is 12.4. The van der Waals surface area contributed by atoms with Crippen LogP contribution in [0.1, 0.15) is 27.7 Å². The highest BCUT2D eigenvalue weighted by molar-refractivity contribution is 5.93. The Labute approximate surface area is 139 Å². The lowest BCUT2D eigenvalue weighted by Crippen LogP contribution is -2.29. The number of imidazole rings is 1. The molecule has 0 aliphatic heterocycles. The fourth-order valence-electron chi connectivity index (χ4n) is 2.50. The summed E-state index contributed by atoms with van der Waals surface area (Å²) in [7, 11) is 1.57. The second kappa shape index (κ2) is 6.72. The molecule has 2 heterocycles. The summed E-state index contributed by atoms with van der Waals surface area (Å²) < 4.78 is 6.88. The van der Waals surface area contributed by atoms with Crippen molar-refractivity contribution in [2.24, 2.45) is 0 Å². The van der Waals surface area contributed by atoms with E-state index >= 15 is 0 Å². The average molecular weight is 325 g/mol. The minimum absolute atomic E-state index is 0.102. The van der Waals surface area contributed by atoms with Crippen molar-refractivity contribution in [3.63, 3.8) is 0 Å². The number of aryl methyl sites for hydroxylation is 1. The number of aromatic nitrogens is 2. The fourth-order valence-corrected chi connectivity index (χ4v) is 2.50. The molecule has 1 amide bonds. The lowest BCUT2D eigenvalue weighted by molar-refractivity contribution is 0.0910. The van der Waals surface area contributed by atoms with E-state index in [2.05, 4.69) is 10.3 Å². The van der Waals surface area contributed by atoms with Crippen molar-refractivity contribution in [2.75, 3.05) is 13.7 Å². The van der Waals surface area contributed by atoms with Crippen LogP contribution in [0.3, 0.4) is 0 Å². The first-order valence-corrected chi connectivity index (χ1v) is 7.62. The van der Waals surface area contributed by atoms with Gasteiger partial charge in [0.15, 0.2) is 0 Å². The molecule has 0 fully saturated rings. The number of pyridine rings is 1. The maximum absolute atomic E-state index is 12.4. The van der Waals surface area contributed by atoms with Crippen LogP contribution in [0, 0.1) is 6.92 Å². The summed E-state index contributed by atoms with van der Waals surface area (Å²) >= 11 is 0. The number of aliphatic hydroxyl groups excluding tert-OH is 1. The van der Waals surface area contributed by atoms with Gasteiger partial charge in [0.2, 0.25) is 0 Å². The number of aliphatic hydroxyl groups is 1. The lowest BCUT2D eigenvalue weighted by atomic mass is 10.1. The molecule has 1 unspecified atom stereocenters. The van der Waals surface area contributed by atoms with Crippen molar-refractivity contribution in [1.29, 1.82) is 0 Å². The van der Waals surface area contributed by atoms with E-state index in [9.17, 15) is 9.90 Å². The van der Waals surface area contributed by atoms with Gasteiger partial charge >= 0.3 is 0 Å². The standard InChI is InChI=1S/C18H19N3O3/c1-12-6-7-17-19-9-15(21(17)11-12)18(23)20-10-16(22)13-4-3-5-14(8-13)24-2/h3-9,11,16,22H,10H2,1-2H3,(H,20,23). The van der Waals surface area contributed by atoms with Crippen molar-refractivity contribution < 1.29 is 14.6 Å². The molecule has 0 saturated heterocycles. The van der Waals surface area contributed by atoms with E-state index < -0.39 is 6.10 Å². The highest BCUT2D eigenvalue weighted by Gasteiger charge is 2.15. The summed E-state index contributed by atoms with van der Waals surface area (Å²) in [6.07, 6.45) is 2.57. The summed E-state index contributed by atoms with van der Waals surface area (Å²) in [4.78, 5) is 16.6. The molecule has 24 heavy (non-hydrogen) atoms. The number of methoxy groups -OCH3 is 1. The number of nitrogens with one attached hydrogen (secondary N) is 1. The van der Waals surface area contributed by atoms with Crippen LogP contribution in [0.15, 0.2) is 48.8 Å². The third-order valence-electron chi connectivity index (χ3n) is 3.82. The third kappa shape index (κ3) is 3.23. The molecule has 0 spiro atoms. The van der Waals surface area contributed by atoms with Gasteiger partial charge in [0, 0.05) is 12.7 Å². The van der Waals surface area contributed by atoms with Crippen LogP contribution in [0.2, 0.25) is 0 Å². The van der Waals surface area contributed by atoms with Crippen molar-refractivity contribution >= 4 is 11.6 Å². The molecular weight excluding hydrogens is 306 g/mol. The second-order valence-electron chi connectivity index (χ2n) is 5.58. The molecule has 0 radical (unpaired) electrons. The van der Waals surface area contributed by atoms with Crippen LogP contribution in [0.5, 0.6) is 5.75 Å². The molecule has 2 aromatic heterocycles. The Morgan fingerprint density at radius 1 is 1.38 bits per heavy atom. The van der Waals surface area contributed by atoms with Gasteiger partial charge in [-0.3, -0.25) is 9.20 Å². The highest BCUT2D eigenvalue weighted by atomic mass is 16.5. The van der Waals surface area contributed by atoms with E-state index in [1.807, 2.05) is 25.3 Å². The van der Waals surface area contributed by atoms with E-state index in [4.69, 9.17) is 4.74 Å². The lowest BCUT2D eigenvalue weighted by Gasteiger charge is -2.13. The molecule has 2 N–H and O–H groups in total. The first-order chi connectivity index (χ1) is 11.6. The highest BCUT2D eigenvalue weighted by Crippen LogP contribution is 2.18. The molecule has 3 aromatic rings. The van der Waals surface area contributed by atoms with Gasteiger partial charge in [0.1, 0.15) is 17.1 Å². The predicted octanol–water partition coefficient (Wildman–Crippen LogP) is 2.11. The Bertz CT molecular complexity index is 873. The Balaban J connectivity index is 1.71. The topological polar surface area (TPSA) is 75.9 Å². The first kappa shape index (κ1) is 16.0. The van der Waals surface area contributed by atoms with Crippen molar-refractivity contribution in [3.05, 3.63) is 65.6 Å². The van der Waals surface area contributed by atoms with Gasteiger partial charge in [-0.05, 0) is 36.2 Å². The maximum Gasteiger partial charge on any atom is 0.270 e. The molecule has 0 aliphatic rings. The molecule has 6 heteroatoms. The van der Waals surface area contributed by atoms with E-state index in [1.54, 1.807) is 35.8 Å². The quantitative estimate of drug-likeness (QED) is 0.753. The zero-order valence-electron chi connectivity index (χ0n) is 13.6. The summed E-state index contributed by atoms with van der Waals surface area (Å²) in [5.41, 5.74) is 2.86. The number of rotatable bonds is 5. The van der Waals surface area contributed by atoms with Gasteiger partial charge in [-0.15, -0.1) is 0 Å². The van der Waals surface area contributed by atoms with E-state index in [0.717, 1.165) is 5.56 Å². The Hall–Kier alpha value is -2.86. The van der Waals surface area contributed by atoms with E-state index in [1.165, 1.54) is 6.20 Å². The largest absolute Gasteiger partial charge is 0.497 e. The van der Waals surface area contributed by atoms with E-state index in [-0.39, 0.29) is 12.5 Å². The summed E-state index contributed by atoms with van der Waals surface area (Å²) in [5, 5.41) is 13.0. The van der Waals surface area contributed by atoms with Gasteiger partial charge in [-0.1, -0.05) is 18.2 Å². The van der Waals surface area contributed by atoms with Crippen molar-refractivity contribution in [3.8, 4) is 5.75 Å². The van der Waals surface area contributed by atoms with Crippen molar-refractivity contribution in [1.82, 2.24) is 14.7 Å². The minimum Gasteiger partial charge on any atom is -0.497 e. The van der Waals surface area contributed by atoms with Crippen LogP contribution in [0.4, 0.5) is 0 Å². The van der Waals surface area contributed by atoms with Crippen LogP contribution in [-0.2, 0) is 0 Å². The normalized spacial score (nSPS) is 12.1. The van der Waals surface area contributed by atoms with Crippen LogP contribution < -0.4 is 10.1 Å². The minimum atomic E-state index is -0.815. The molecule has 6 nitrogen and oxygen atoms in total. The predicted molar refractivity (Wildman–Crippen MR) is 90.2 cm³/mol. The molecular formula is C18H19N3O3. The van der Waals surface area contributed by atoms with Gasteiger partial charge in [0.05, 0.1) is 19.4 Å². The van der Waals surface area contributed by atoms with Gasteiger partial charge in [0.25, 0.3) is 5.91 Å². The third-order valence-corrected chi connectivity index (χ3v) is 3.82. The molecule has 1 atom stereocenters. The molecule has 124 valence electrons. The Kier molecular flexibility index (Phi) is 4.48. The summed E-state index contributed by atoms with van der Waals surface area (Å²) in [5.74, 6) is 0.380. The smallest absolute Gasteiger partial charge is 0.270 e. The Morgan fingerprint density at radius 3 is 3.00 bits per heavy atom. The second-order valence-corrected chi connectivity index (χ2v) is 5.58. The van der Waals surface area contributed by atoms with E-state index in [0.29, 0.717) is 22.7 Å². The fraction of sp³-hybridized carbons (Fsp3) is 0.222. The monoisotopic (exact) mass is 325 g/mol. The number of fused-ring (bicyclic) bond motifs is 1. The summed E-state index contributed by atoms with van der Waals surface area (Å²) in [6.45, 7) is 2.05. The number of nitrogens with zero attached hydrogens (tertiary/aromatic N) is 2. The number of carbonyl (C=O) groups is 1. The molecule has 1 aromatic carbocycles. The number of amides is 1. The number of benzene rings is 1. The zero-order chi connectivity index (χ0) is 17.1. The SMILES string of the molecule is COc1cccc(C(O)CNC(=O)c2cnc3ccc(C)cn23)c1. The first-order valence-electron chi connectivity index (χ1n) is 7.62. The van der Waals surface area contributed by atoms with Gasteiger partial charge in [-0.25, -0.2) is 4.98 Å². The molecule has 0 bridgehead atoms. The molecule has 3 rings (SSSR count). The number of hydrogen-bond acceptors (Lipinski definition) is 4. The number of carbonyl (C=O) groups excluding carboxylic acids is 1. The molecule has 0 saturated carbocycles. The number of hydrogen-bond donors (Lipinski definition) is 2. The van der Waals surface area contributed by atoms with Crippen LogP contribution in [0.25, 0.3) is 5.65 Å². The zero-order valence-corrected chi connectivity index (χ0v) is 13.6.